The van der Waals surface area contributed by atoms with Crippen LogP contribution in [0.15, 0.2) is 12.7 Å². The SMILES string of the molecule is C#C[C@@]1(OC(C)=O)[C@@H](COC(CC=C)(C(=O)OCC)C(=O)OCC)OC(OC(C)=O)[C@@H]1OC(C)=O. The Kier molecular flexibility index (Phi) is 10.9. The van der Waals surface area contributed by atoms with Crippen molar-refractivity contribution in [2.45, 2.75) is 70.7 Å². The van der Waals surface area contributed by atoms with Gasteiger partial charge in [-0.15, -0.1) is 13.0 Å². The highest BCUT2D eigenvalue weighted by Crippen LogP contribution is 2.38. The first-order chi connectivity index (χ1) is 16.4. The molecule has 1 saturated heterocycles. The van der Waals surface area contributed by atoms with Crippen LogP contribution in [0, 0.1) is 12.3 Å². The van der Waals surface area contributed by atoms with Gasteiger partial charge >= 0.3 is 29.8 Å². The molecule has 1 unspecified atom stereocenters. The van der Waals surface area contributed by atoms with Gasteiger partial charge in [-0.05, 0) is 13.8 Å². The van der Waals surface area contributed by atoms with Crippen molar-refractivity contribution in [1.82, 2.24) is 0 Å². The van der Waals surface area contributed by atoms with Gasteiger partial charge in [-0.25, -0.2) is 9.59 Å². The van der Waals surface area contributed by atoms with Crippen molar-refractivity contribution >= 4 is 29.8 Å². The molecule has 0 saturated carbocycles. The fourth-order valence-electron chi connectivity index (χ4n) is 3.37. The second-order valence-electron chi connectivity index (χ2n) is 7.24. The molecule has 1 fully saturated rings. The first-order valence-electron chi connectivity index (χ1n) is 10.7. The fourth-order valence-corrected chi connectivity index (χ4v) is 3.37. The molecule has 35 heavy (non-hydrogen) atoms. The summed E-state index contributed by atoms with van der Waals surface area (Å²) < 4.78 is 37.0. The molecule has 0 spiro atoms. The van der Waals surface area contributed by atoms with E-state index in [1.807, 2.05) is 0 Å². The average Bonchev–Trinajstić information content (AvgIpc) is 3.02. The third kappa shape index (κ3) is 6.80. The molecule has 0 aromatic rings. The van der Waals surface area contributed by atoms with Crippen molar-refractivity contribution in [3.63, 3.8) is 0 Å². The third-order valence-corrected chi connectivity index (χ3v) is 4.68. The van der Waals surface area contributed by atoms with Crippen molar-refractivity contribution in [1.29, 1.82) is 0 Å². The molecule has 4 atom stereocenters. The highest BCUT2D eigenvalue weighted by atomic mass is 16.8. The molecular formula is C23H30O12. The summed E-state index contributed by atoms with van der Waals surface area (Å²) >= 11 is 0. The average molecular weight is 498 g/mol. The Morgan fingerprint density at radius 2 is 1.54 bits per heavy atom. The molecule has 194 valence electrons. The van der Waals surface area contributed by atoms with E-state index >= 15 is 0 Å². The number of hydrogen-bond acceptors (Lipinski definition) is 12. The van der Waals surface area contributed by atoms with Crippen LogP contribution < -0.4 is 0 Å². The molecule has 0 bridgehead atoms. The smallest absolute Gasteiger partial charge is 0.350 e. The van der Waals surface area contributed by atoms with E-state index in [2.05, 4.69) is 12.5 Å². The Morgan fingerprint density at radius 3 is 1.94 bits per heavy atom. The van der Waals surface area contributed by atoms with Gasteiger partial charge in [0.15, 0.2) is 0 Å². The second kappa shape index (κ2) is 12.9. The van der Waals surface area contributed by atoms with E-state index < -0.39 is 66.2 Å². The Hall–Kier alpha value is -3.43. The van der Waals surface area contributed by atoms with Gasteiger partial charge in [0.1, 0.15) is 6.10 Å². The molecule has 1 rings (SSSR count). The van der Waals surface area contributed by atoms with Crippen molar-refractivity contribution < 1.29 is 57.1 Å². The second-order valence-corrected chi connectivity index (χ2v) is 7.24. The molecule has 0 N–H and O–H groups in total. The van der Waals surface area contributed by atoms with Crippen LogP contribution in [0.1, 0.15) is 41.0 Å². The molecule has 0 radical (unpaired) electrons. The maximum atomic E-state index is 12.8. The third-order valence-electron chi connectivity index (χ3n) is 4.68. The minimum Gasteiger partial charge on any atom is -0.463 e. The van der Waals surface area contributed by atoms with E-state index in [4.69, 9.17) is 39.6 Å². The minimum absolute atomic E-state index is 0.0782. The van der Waals surface area contributed by atoms with E-state index in [9.17, 15) is 24.0 Å². The zero-order valence-corrected chi connectivity index (χ0v) is 20.3. The molecular weight excluding hydrogens is 468 g/mol. The van der Waals surface area contributed by atoms with E-state index in [0.717, 1.165) is 20.8 Å². The predicted octanol–water partition coefficient (Wildman–Crippen LogP) is 0.599. The van der Waals surface area contributed by atoms with Gasteiger partial charge in [-0.1, -0.05) is 12.0 Å². The topological polar surface area (TPSA) is 150 Å². The number of esters is 5. The molecule has 12 nitrogen and oxygen atoms in total. The highest BCUT2D eigenvalue weighted by Gasteiger charge is 2.63. The zero-order valence-electron chi connectivity index (χ0n) is 20.3. The highest BCUT2D eigenvalue weighted by molar-refractivity contribution is 6.04. The van der Waals surface area contributed by atoms with Crippen LogP contribution >= 0.6 is 0 Å². The summed E-state index contributed by atoms with van der Waals surface area (Å²) in [5, 5.41) is 0. The lowest BCUT2D eigenvalue weighted by atomic mass is 9.92. The van der Waals surface area contributed by atoms with Crippen LogP contribution in [0.3, 0.4) is 0 Å². The van der Waals surface area contributed by atoms with E-state index in [1.54, 1.807) is 0 Å². The van der Waals surface area contributed by atoms with Crippen LogP contribution in [-0.2, 0) is 57.1 Å². The van der Waals surface area contributed by atoms with E-state index in [1.165, 1.54) is 19.9 Å². The summed E-state index contributed by atoms with van der Waals surface area (Å²) in [5.41, 5.74) is -4.45. The summed E-state index contributed by atoms with van der Waals surface area (Å²) in [6.45, 7) is 8.92. The van der Waals surface area contributed by atoms with Gasteiger partial charge in [0.25, 0.3) is 5.60 Å². The Bertz CT molecular complexity index is 854. The molecule has 1 aliphatic rings. The van der Waals surface area contributed by atoms with Crippen molar-refractivity contribution in [3.8, 4) is 12.3 Å². The lowest BCUT2D eigenvalue weighted by molar-refractivity contribution is -0.206. The summed E-state index contributed by atoms with van der Waals surface area (Å²) in [6.07, 6.45) is 1.91. The number of carbonyl (C=O) groups is 5. The predicted molar refractivity (Wildman–Crippen MR) is 116 cm³/mol. The van der Waals surface area contributed by atoms with Crippen molar-refractivity contribution in [2.75, 3.05) is 19.8 Å². The summed E-state index contributed by atoms with van der Waals surface area (Å²) in [7, 11) is 0. The normalized spacial score (nSPS) is 23.4. The Morgan fingerprint density at radius 1 is 1.00 bits per heavy atom. The first kappa shape index (κ1) is 29.6. The Labute approximate surface area is 203 Å². The van der Waals surface area contributed by atoms with Gasteiger partial charge in [-0.3, -0.25) is 14.4 Å². The van der Waals surface area contributed by atoms with Gasteiger partial charge in [0.2, 0.25) is 18.0 Å². The molecule has 0 amide bonds. The maximum absolute atomic E-state index is 12.8. The van der Waals surface area contributed by atoms with Crippen molar-refractivity contribution in [3.05, 3.63) is 12.7 Å². The van der Waals surface area contributed by atoms with Gasteiger partial charge < -0.3 is 33.2 Å². The first-order valence-corrected chi connectivity index (χ1v) is 10.7. The van der Waals surface area contributed by atoms with Gasteiger partial charge in [0.05, 0.1) is 19.8 Å². The Balaban J connectivity index is 3.52. The lowest BCUT2D eigenvalue weighted by Gasteiger charge is -2.34. The number of rotatable bonds is 12. The quantitative estimate of drug-likeness (QED) is 0.122. The molecule has 1 heterocycles. The van der Waals surface area contributed by atoms with Crippen LogP contribution in [0.4, 0.5) is 0 Å². The van der Waals surface area contributed by atoms with Crippen LogP contribution in [0.25, 0.3) is 0 Å². The molecule has 0 aromatic carbocycles. The standard InChI is InChI=1S/C23H30O12/c1-8-12-23(20(27)29-10-3,21(28)30-11-4)31-13-17-22(9-2,35-16(7)26)18(32-14(5)24)19(34-17)33-15(6)25/h2,8,17-19H,1,10-13H2,3-7H3/t17-,18+,19?,22-/m1/s1. The van der Waals surface area contributed by atoms with Crippen LogP contribution in [0.5, 0.6) is 0 Å². The summed E-state index contributed by atoms with van der Waals surface area (Å²) in [4.78, 5) is 60.9. The van der Waals surface area contributed by atoms with Crippen molar-refractivity contribution in [2.24, 2.45) is 0 Å². The maximum Gasteiger partial charge on any atom is 0.350 e. The fraction of sp³-hybridized carbons (Fsp3) is 0.609. The molecule has 1 aliphatic heterocycles. The van der Waals surface area contributed by atoms with E-state index in [0.29, 0.717) is 0 Å². The summed E-state index contributed by atoms with van der Waals surface area (Å²) in [6, 6.07) is 0. The molecule has 0 aromatic heterocycles. The monoisotopic (exact) mass is 498 g/mol. The largest absolute Gasteiger partial charge is 0.463 e. The zero-order chi connectivity index (χ0) is 26.8. The van der Waals surface area contributed by atoms with Crippen LogP contribution in [0.2, 0.25) is 0 Å². The van der Waals surface area contributed by atoms with Crippen LogP contribution in [-0.4, -0.2) is 79.4 Å². The number of terminal acetylenes is 1. The summed E-state index contributed by atoms with van der Waals surface area (Å²) in [5.74, 6) is -2.45. The molecule has 12 heteroatoms. The van der Waals surface area contributed by atoms with Gasteiger partial charge in [-0.2, -0.15) is 0 Å². The lowest BCUT2D eigenvalue weighted by Crippen LogP contribution is -2.56. The number of ether oxygens (including phenoxy) is 7. The number of carbonyl (C=O) groups excluding carboxylic acids is 5. The van der Waals surface area contributed by atoms with Gasteiger partial charge in [0, 0.05) is 27.2 Å². The minimum atomic E-state index is -2.30. The van der Waals surface area contributed by atoms with E-state index in [-0.39, 0.29) is 19.6 Å². The number of hydrogen-bond donors (Lipinski definition) is 0. The molecule has 0 aliphatic carbocycles.